The highest BCUT2D eigenvalue weighted by molar-refractivity contribution is 5.88. The predicted molar refractivity (Wildman–Crippen MR) is 114 cm³/mol. The van der Waals surface area contributed by atoms with Gasteiger partial charge in [0.05, 0.1) is 17.5 Å². The highest BCUT2D eigenvalue weighted by atomic mass is 16.2. The minimum Gasteiger partial charge on any atom is -0.337 e. The third-order valence-corrected chi connectivity index (χ3v) is 4.83. The second-order valence-electron chi connectivity index (χ2n) is 7.27. The number of fused-ring (bicyclic) bond motifs is 1. The van der Waals surface area contributed by atoms with E-state index in [2.05, 4.69) is 15.0 Å². The van der Waals surface area contributed by atoms with Crippen LogP contribution in [0.2, 0.25) is 0 Å². The van der Waals surface area contributed by atoms with Crippen molar-refractivity contribution in [3.8, 4) is 0 Å². The van der Waals surface area contributed by atoms with Crippen LogP contribution in [0.15, 0.2) is 53.6 Å². The van der Waals surface area contributed by atoms with Crippen molar-refractivity contribution in [1.82, 2.24) is 24.6 Å². The fraction of sp³-hybridized carbons (Fsp3) is 0.364. The lowest BCUT2D eigenvalue weighted by molar-refractivity contribution is -0.131. The predicted octanol–water partition coefficient (Wildman–Crippen LogP) is 1.94. The highest BCUT2D eigenvalue weighted by Gasteiger charge is 2.19. The molecule has 0 saturated carbocycles. The Hall–Kier alpha value is -3.06. The zero-order valence-electron chi connectivity index (χ0n) is 17.2. The summed E-state index contributed by atoms with van der Waals surface area (Å²) in [6, 6.07) is 11.2. The molecular formula is C22H27N5O2. The first-order valence-electron chi connectivity index (χ1n) is 9.79. The van der Waals surface area contributed by atoms with Crippen molar-refractivity contribution in [2.45, 2.75) is 26.4 Å². The fourth-order valence-corrected chi connectivity index (χ4v) is 3.23. The molecule has 0 aliphatic rings. The van der Waals surface area contributed by atoms with E-state index >= 15 is 0 Å². The Morgan fingerprint density at radius 1 is 1.07 bits per heavy atom. The second-order valence-corrected chi connectivity index (χ2v) is 7.27. The monoisotopic (exact) mass is 393 g/mol. The van der Waals surface area contributed by atoms with Gasteiger partial charge in [-0.2, -0.15) is 5.10 Å². The molecule has 3 rings (SSSR count). The van der Waals surface area contributed by atoms with Gasteiger partial charge >= 0.3 is 0 Å². The number of rotatable bonds is 8. The summed E-state index contributed by atoms with van der Waals surface area (Å²) in [5, 5.41) is 5.81. The minimum atomic E-state index is -0.126. The number of amides is 1. The summed E-state index contributed by atoms with van der Waals surface area (Å²) < 4.78 is 1.43. The van der Waals surface area contributed by atoms with Gasteiger partial charge in [0.25, 0.3) is 5.56 Å². The number of carbonyl (C=O) groups is 1. The molecular weight excluding hydrogens is 366 g/mol. The van der Waals surface area contributed by atoms with E-state index in [0.29, 0.717) is 30.7 Å². The van der Waals surface area contributed by atoms with Gasteiger partial charge in [0.15, 0.2) is 0 Å². The molecule has 0 N–H and O–H groups in total. The van der Waals surface area contributed by atoms with Crippen LogP contribution in [0.25, 0.3) is 10.8 Å². The molecule has 152 valence electrons. The summed E-state index contributed by atoms with van der Waals surface area (Å²) in [5.41, 5.74) is 1.49. The summed E-state index contributed by atoms with van der Waals surface area (Å²) >= 11 is 0. The number of hydrogen-bond acceptors (Lipinski definition) is 5. The maximum Gasteiger partial charge on any atom is 0.274 e. The average molecular weight is 393 g/mol. The van der Waals surface area contributed by atoms with E-state index < -0.39 is 0 Å². The number of aryl methyl sites for hydroxylation is 1. The standard InChI is InChI=1S/C22H27N5O2/c1-4-27-22(29)19-10-6-5-9-18(19)20(24-27)14-21(28)26(13-12-25(2)3)16-17-8-7-11-23-15-17/h5-11,15H,4,12-14,16H2,1-3H3. The van der Waals surface area contributed by atoms with Crippen molar-refractivity contribution in [3.63, 3.8) is 0 Å². The molecule has 0 saturated heterocycles. The Balaban J connectivity index is 1.90. The molecule has 1 amide bonds. The fourth-order valence-electron chi connectivity index (χ4n) is 3.23. The largest absolute Gasteiger partial charge is 0.337 e. The van der Waals surface area contributed by atoms with Crippen LogP contribution >= 0.6 is 0 Å². The topological polar surface area (TPSA) is 71.3 Å². The molecule has 0 unspecified atom stereocenters. The van der Waals surface area contributed by atoms with Crippen LogP contribution in [0.4, 0.5) is 0 Å². The molecule has 7 heteroatoms. The third-order valence-electron chi connectivity index (χ3n) is 4.83. The lowest BCUT2D eigenvalue weighted by Crippen LogP contribution is -2.37. The molecule has 1 aromatic carbocycles. The summed E-state index contributed by atoms with van der Waals surface area (Å²) in [6.45, 7) is 4.19. The van der Waals surface area contributed by atoms with Gasteiger partial charge in [-0.3, -0.25) is 14.6 Å². The number of aromatic nitrogens is 3. The molecule has 0 bridgehead atoms. The smallest absolute Gasteiger partial charge is 0.274 e. The van der Waals surface area contributed by atoms with Crippen molar-refractivity contribution >= 4 is 16.7 Å². The molecule has 0 aliphatic heterocycles. The average Bonchev–Trinajstić information content (AvgIpc) is 2.73. The normalized spacial score (nSPS) is 11.2. The number of pyridine rings is 1. The van der Waals surface area contributed by atoms with Crippen molar-refractivity contribution in [3.05, 3.63) is 70.4 Å². The molecule has 7 nitrogen and oxygen atoms in total. The van der Waals surface area contributed by atoms with Gasteiger partial charge in [-0.15, -0.1) is 0 Å². The summed E-state index contributed by atoms with van der Waals surface area (Å²) in [6.07, 6.45) is 3.65. The van der Waals surface area contributed by atoms with Crippen LogP contribution in [0, 0.1) is 0 Å². The van der Waals surface area contributed by atoms with E-state index in [1.54, 1.807) is 18.5 Å². The van der Waals surface area contributed by atoms with E-state index in [1.165, 1.54) is 4.68 Å². The Labute approximate surface area is 170 Å². The van der Waals surface area contributed by atoms with Crippen molar-refractivity contribution < 1.29 is 4.79 Å². The molecule has 0 aliphatic carbocycles. The summed E-state index contributed by atoms with van der Waals surface area (Å²) in [4.78, 5) is 33.8. The van der Waals surface area contributed by atoms with Crippen molar-refractivity contribution in [2.24, 2.45) is 0 Å². The molecule has 2 aromatic heterocycles. The van der Waals surface area contributed by atoms with E-state index in [-0.39, 0.29) is 17.9 Å². The van der Waals surface area contributed by atoms with Crippen LogP contribution in [-0.2, 0) is 24.3 Å². The van der Waals surface area contributed by atoms with Crippen LogP contribution < -0.4 is 5.56 Å². The Morgan fingerprint density at radius 3 is 2.48 bits per heavy atom. The zero-order valence-corrected chi connectivity index (χ0v) is 17.2. The Bertz CT molecular complexity index is 1030. The quantitative estimate of drug-likeness (QED) is 0.585. The van der Waals surface area contributed by atoms with Crippen LogP contribution in [0.1, 0.15) is 18.2 Å². The van der Waals surface area contributed by atoms with Crippen LogP contribution in [-0.4, -0.2) is 57.7 Å². The van der Waals surface area contributed by atoms with E-state index in [4.69, 9.17) is 0 Å². The van der Waals surface area contributed by atoms with Gasteiger partial charge in [-0.05, 0) is 38.7 Å². The van der Waals surface area contributed by atoms with Gasteiger partial charge in [-0.1, -0.05) is 24.3 Å². The third kappa shape index (κ3) is 5.06. The first-order valence-corrected chi connectivity index (χ1v) is 9.79. The zero-order chi connectivity index (χ0) is 20.8. The van der Waals surface area contributed by atoms with Gasteiger partial charge in [0.2, 0.25) is 5.91 Å². The number of nitrogens with zero attached hydrogens (tertiary/aromatic N) is 5. The molecule has 0 spiro atoms. The summed E-state index contributed by atoms with van der Waals surface area (Å²) in [5.74, 6) is -0.0188. The Kier molecular flexibility index (Phi) is 6.72. The molecule has 0 fully saturated rings. The number of carbonyl (C=O) groups excluding carboxylic acids is 1. The van der Waals surface area contributed by atoms with Gasteiger partial charge in [0, 0.05) is 44.0 Å². The summed E-state index contributed by atoms with van der Waals surface area (Å²) in [7, 11) is 3.97. The Morgan fingerprint density at radius 2 is 1.83 bits per heavy atom. The minimum absolute atomic E-state index is 0.0188. The van der Waals surface area contributed by atoms with Gasteiger partial charge < -0.3 is 9.80 Å². The number of likely N-dealkylation sites (N-methyl/N-ethyl adjacent to an activating group) is 1. The van der Waals surface area contributed by atoms with E-state index in [9.17, 15) is 9.59 Å². The molecule has 3 aromatic rings. The van der Waals surface area contributed by atoms with Crippen molar-refractivity contribution in [1.29, 1.82) is 0 Å². The molecule has 2 heterocycles. The molecule has 29 heavy (non-hydrogen) atoms. The maximum absolute atomic E-state index is 13.2. The maximum atomic E-state index is 13.2. The first-order chi connectivity index (χ1) is 14.0. The number of hydrogen-bond donors (Lipinski definition) is 0. The second kappa shape index (κ2) is 9.43. The van der Waals surface area contributed by atoms with Gasteiger partial charge in [-0.25, -0.2) is 4.68 Å². The highest BCUT2D eigenvalue weighted by Crippen LogP contribution is 2.15. The van der Waals surface area contributed by atoms with Crippen LogP contribution in [0.3, 0.4) is 0 Å². The first kappa shape index (κ1) is 20.7. The van der Waals surface area contributed by atoms with Crippen molar-refractivity contribution in [2.75, 3.05) is 27.2 Å². The van der Waals surface area contributed by atoms with E-state index in [1.807, 2.05) is 56.3 Å². The molecule has 0 atom stereocenters. The lowest BCUT2D eigenvalue weighted by Gasteiger charge is -2.24. The van der Waals surface area contributed by atoms with E-state index in [0.717, 1.165) is 17.5 Å². The van der Waals surface area contributed by atoms with Gasteiger partial charge in [0.1, 0.15) is 0 Å². The van der Waals surface area contributed by atoms with Crippen LogP contribution in [0.5, 0.6) is 0 Å². The molecule has 0 radical (unpaired) electrons. The number of benzene rings is 1. The SMILES string of the molecule is CCn1nc(CC(=O)N(CCN(C)C)Cc2cccnc2)c2ccccc2c1=O. The lowest BCUT2D eigenvalue weighted by atomic mass is 10.1.